The number of aromatic nitrogens is 1. The molecule has 0 bridgehead atoms. The molecule has 44 heavy (non-hydrogen) atoms. The molecule has 7 rings (SSSR count). The van der Waals surface area contributed by atoms with Gasteiger partial charge in [0.05, 0.1) is 6.61 Å². The smallest absolute Gasteiger partial charge is 0.119 e. The van der Waals surface area contributed by atoms with Crippen molar-refractivity contribution >= 4 is 21.8 Å². The molecule has 1 heterocycles. The van der Waals surface area contributed by atoms with Crippen molar-refractivity contribution in [3.63, 3.8) is 0 Å². The summed E-state index contributed by atoms with van der Waals surface area (Å²) in [4.78, 5) is 0. The zero-order chi connectivity index (χ0) is 29.7. The van der Waals surface area contributed by atoms with E-state index in [0.29, 0.717) is 19.8 Å². The van der Waals surface area contributed by atoms with Crippen molar-refractivity contribution in [2.45, 2.75) is 19.8 Å². The molecule has 1 N–H and O–H groups in total. The first-order chi connectivity index (χ1) is 21.7. The van der Waals surface area contributed by atoms with Gasteiger partial charge in [-0.15, -0.1) is 0 Å². The summed E-state index contributed by atoms with van der Waals surface area (Å²) >= 11 is 0. The first kappa shape index (κ1) is 27.5. The Bertz CT molecular complexity index is 1850. The van der Waals surface area contributed by atoms with Gasteiger partial charge in [0, 0.05) is 28.4 Å². The van der Waals surface area contributed by atoms with Crippen LogP contribution in [-0.2, 0) is 19.8 Å². The molecule has 0 aliphatic heterocycles. The van der Waals surface area contributed by atoms with E-state index in [-0.39, 0.29) is 6.61 Å². The topological polar surface area (TPSA) is 43.6 Å². The Hall–Kier alpha value is -5.32. The monoisotopic (exact) mass is 575 g/mol. The van der Waals surface area contributed by atoms with Gasteiger partial charge in [-0.05, 0) is 81.9 Å². The van der Waals surface area contributed by atoms with Crippen LogP contribution in [0.25, 0.3) is 44.1 Å². The minimum atomic E-state index is 0.0806. The molecular weight excluding hydrogens is 542 g/mol. The van der Waals surface area contributed by atoms with Crippen LogP contribution >= 0.6 is 0 Å². The molecule has 4 heteroatoms. The summed E-state index contributed by atoms with van der Waals surface area (Å²) < 4.78 is 14.2. The standard InChI is InChI=1S/C40H33NO3/c42-24-23-41-39-21-15-33(31-11-17-35(18-12-31)43-27-29-7-3-1-4-8-29)25-37(39)38-26-34(16-22-40(38)41)32-13-19-36(20-14-32)44-28-30-9-5-2-6-10-30/h1-22,25-26,42H,23-24,27-28H2. The molecule has 4 nitrogen and oxygen atoms in total. The summed E-state index contributed by atoms with van der Waals surface area (Å²) in [5.74, 6) is 1.69. The Kier molecular flexibility index (Phi) is 7.82. The number of hydrogen-bond donors (Lipinski definition) is 1. The highest BCUT2D eigenvalue weighted by Gasteiger charge is 2.13. The summed E-state index contributed by atoms with van der Waals surface area (Å²) in [6.45, 7) is 1.71. The Morgan fingerprint density at radius 3 is 1.27 bits per heavy atom. The molecule has 0 saturated heterocycles. The van der Waals surface area contributed by atoms with Gasteiger partial charge in [0.2, 0.25) is 0 Å². The van der Waals surface area contributed by atoms with E-state index >= 15 is 0 Å². The van der Waals surface area contributed by atoms with E-state index in [4.69, 9.17) is 9.47 Å². The number of benzene rings is 6. The first-order valence-electron chi connectivity index (χ1n) is 15.0. The molecule has 7 aromatic rings. The van der Waals surface area contributed by atoms with Crippen molar-refractivity contribution in [1.29, 1.82) is 0 Å². The van der Waals surface area contributed by atoms with Crippen molar-refractivity contribution in [3.8, 4) is 33.8 Å². The van der Waals surface area contributed by atoms with Crippen molar-refractivity contribution in [1.82, 2.24) is 4.57 Å². The summed E-state index contributed by atoms with van der Waals surface area (Å²) in [6, 6.07) is 50.1. The van der Waals surface area contributed by atoms with E-state index < -0.39 is 0 Å². The molecule has 0 saturated carbocycles. The van der Waals surface area contributed by atoms with Crippen LogP contribution < -0.4 is 9.47 Å². The fourth-order valence-corrected chi connectivity index (χ4v) is 5.77. The van der Waals surface area contributed by atoms with Crippen molar-refractivity contribution in [2.24, 2.45) is 0 Å². The Balaban J connectivity index is 1.17. The molecule has 0 aliphatic rings. The number of aliphatic hydroxyl groups is 1. The summed E-state index contributed by atoms with van der Waals surface area (Å²) in [6.07, 6.45) is 0. The fraction of sp³-hybridized carbons (Fsp3) is 0.100. The molecule has 1 aromatic heterocycles. The van der Waals surface area contributed by atoms with Crippen LogP contribution in [-0.4, -0.2) is 16.3 Å². The second-order valence-electron chi connectivity index (χ2n) is 10.9. The van der Waals surface area contributed by atoms with Crippen LogP contribution in [0, 0.1) is 0 Å². The lowest BCUT2D eigenvalue weighted by molar-refractivity contribution is 0.280. The molecule has 0 unspecified atom stereocenters. The van der Waals surface area contributed by atoms with Gasteiger partial charge in [-0.3, -0.25) is 0 Å². The van der Waals surface area contributed by atoms with Crippen molar-refractivity contribution in [3.05, 3.63) is 157 Å². The third kappa shape index (κ3) is 5.81. The van der Waals surface area contributed by atoms with E-state index in [1.54, 1.807) is 0 Å². The SMILES string of the molecule is OCCn1c2ccc(-c3ccc(OCc4ccccc4)cc3)cc2c2cc(-c3ccc(OCc4ccccc4)cc3)ccc21. The van der Waals surface area contributed by atoms with Gasteiger partial charge < -0.3 is 19.1 Å². The molecular formula is C40H33NO3. The minimum absolute atomic E-state index is 0.0806. The van der Waals surface area contributed by atoms with E-state index in [9.17, 15) is 5.11 Å². The largest absolute Gasteiger partial charge is 0.489 e. The number of ether oxygens (including phenoxy) is 2. The van der Waals surface area contributed by atoms with Crippen LogP contribution in [0.1, 0.15) is 11.1 Å². The Labute approximate surface area is 257 Å². The number of hydrogen-bond acceptors (Lipinski definition) is 3. The highest BCUT2D eigenvalue weighted by Crippen LogP contribution is 2.36. The zero-order valence-electron chi connectivity index (χ0n) is 24.4. The van der Waals surface area contributed by atoms with Crippen LogP contribution in [0.3, 0.4) is 0 Å². The Morgan fingerprint density at radius 1 is 0.455 bits per heavy atom. The van der Waals surface area contributed by atoms with E-state index in [2.05, 4.69) is 89.5 Å². The molecule has 0 radical (unpaired) electrons. The van der Waals surface area contributed by atoms with Crippen molar-refractivity contribution in [2.75, 3.05) is 6.61 Å². The molecule has 0 aliphatic carbocycles. The van der Waals surface area contributed by atoms with Gasteiger partial charge in [0.25, 0.3) is 0 Å². The quantitative estimate of drug-likeness (QED) is 0.177. The lowest BCUT2D eigenvalue weighted by Gasteiger charge is -2.08. The molecule has 0 atom stereocenters. The maximum atomic E-state index is 9.86. The predicted molar refractivity (Wildman–Crippen MR) is 179 cm³/mol. The molecule has 6 aromatic carbocycles. The van der Waals surface area contributed by atoms with E-state index in [1.807, 2.05) is 60.7 Å². The van der Waals surface area contributed by atoms with Crippen LogP contribution in [0.5, 0.6) is 11.5 Å². The number of rotatable bonds is 10. The normalized spacial score (nSPS) is 11.2. The van der Waals surface area contributed by atoms with Crippen LogP contribution in [0.2, 0.25) is 0 Å². The second kappa shape index (κ2) is 12.5. The van der Waals surface area contributed by atoms with Crippen molar-refractivity contribution < 1.29 is 14.6 Å². The second-order valence-corrected chi connectivity index (χ2v) is 10.9. The van der Waals surface area contributed by atoms with Gasteiger partial charge in [-0.2, -0.15) is 0 Å². The van der Waals surface area contributed by atoms with E-state index in [1.165, 1.54) is 10.8 Å². The molecule has 216 valence electrons. The predicted octanol–water partition coefficient (Wildman–Crippen LogP) is 9.28. The minimum Gasteiger partial charge on any atom is -0.489 e. The maximum absolute atomic E-state index is 9.86. The summed E-state index contributed by atoms with van der Waals surface area (Å²) in [7, 11) is 0. The first-order valence-corrected chi connectivity index (χ1v) is 15.0. The number of aliphatic hydroxyl groups excluding tert-OH is 1. The molecule has 0 spiro atoms. The van der Waals surface area contributed by atoms with Gasteiger partial charge in [0.1, 0.15) is 24.7 Å². The number of nitrogens with zero attached hydrogens (tertiary/aromatic N) is 1. The molecule has 0 fully saturated rings. The third-order valence-corrected chi connectivity index (χ3v) is 8.06. The highest BCUT2D eigenvalue weighted by molar-refractivity contribution is 6.10. The van der Waals surface area contributed by atoms with Crippen LogP contribution in [0.15, 0.2) is 146 Å². The Morgan fingerprint density at radius 2 is 0.864 bits per heavy atom. The summed E-state index contributed by atoms with van der Waals surface area (Å²) in [5.41, 5.74) is 9.06. The maximum Gasteiger partial charge on any atom is 0.119 e. The fourth-order valence-electron chi connectivity index (χ4n) is 5.77. The van der Waals surface area contributed by atoms with Crippen LogP contribution in [0.4, 0.5) is 0 Å². The van der Waals surface area contributed by atoms with Gasteiger partial charge in [-0.1, -0.05) is 97.1 Å². The average molecular weight is 576 g/mol. The third-order valence-electron chi connectivity index (χ3n) is 8.06. The lowest BCUT2D eigenvalue weighted by atomic mass is 10.00. The zero-order valence-corrected chi connectivity index (χ0v) is 24.4. The van der Waals surface area contributed by atoms with Gasteiger partial charge in [-0.25, -0.2) is 0 Å². The lowest BCUT2D eigenvalue weighted by Crippen LogP contribution is -2.01. The average Bonchev–Trinajstić information content (AvgIpc) is 3.40. The summed E-state index contributed by atoms with van der Waals surface area (Å²) in [5, 5.41) is 12.2. The van der Waals surface area contributed by atoms with Gasteiger partial charge >= 0.3 is 0 Å². The number of fused-ring (bicyclic) bond motifs is 3. The van der Waals surface area contributed by atoms with E-state index in [0.717, 1.165) is 55.9 Å². The van der Waals surface area contributed by atoms with Gasteiger partial charge in [0.15, 0.2) is 0 Å². The molecule has 0 amide bonds. The highest BCUT2D eigenvalue weighted by atomic mass is 16.5.